The highest BCUT2D eigenvalue weighted by atomic mass is 79.9. The summed E-state index contributed by atoms with van der Waals surface area (Å²) in [4.78, 5) is 25.9. The average Bonchev–Trinajstić information content (AvgIpc) is 3.22. The van der Waals surface area contributed by atoms with Crippen LogP contribution >= 0.6 is 15.9 Å². The van der Waals surface area contributed by atoms with Crippen molar-refractivity contribution in [2.45, 2.75) is 31.8 Å². The Hall–Kier alpha value is -1.43. The van der Waals surface area contributed by atoms with E-state index in [2.05, 4.69) is 21.2 Å². The van der Waals surface area contributed by atoms with Gasteiger partial charge in [-0.15, -0.1) is 0 Å². The van der Waals surface area contributed by atoms with Crippen LogP contribution in [0, 0.1) is 11.7 Å². The van der Waals surface area contributed by atoms with Crippen LogP contribution in [-0.4, -0.2) is 23.9 Å². The highest BCUT2D eigenvalue weighted by molar-refractivity contribution is 9.10. The van der Waals surface area contributed by atoms with Gasteiger partial charge >= 0.3 is 0 Å². The second kappa shape index (κ2) is 4.84. The van der Waals surface area contributed by atoms with Crippen LogP contribution in [0.2, 0.25) is 0 Å². The molecule has 1 N–H and O–H groups in total. The van der Waals surface area contributed by atoms with Gasteiger partial charge in [0.15, 0.2) is 0 Å². The van der Waals surface area contributed by atoms with E-state index in [4.69, 9.17) is 0 Å². The first-order chi connectivity index (χ1) is 9.49. The van der Waals surface area contributed by atoms with Crippen LogP contribution in [0.15, 0.2) is 22.7 Å². The molecule has 1 aromatic rings. The number of anilines is 1. The highest BCUT2D eigenvalue weighted by Crippen LogP contribution is 2.37. The van der Waals surface area contributed by atoms with E-state index in [1.54, 1.807) is 13.0 Å². The summed E-state index contributed by atoms with van der Waals surface area (Å²) in [5, 5.41) is 2.75. The third kappa shape index (κ3) is 2.22. The molecule has 1 aliphatic heterocycles. The van der Waals surface area contributed by atoms with Gasteiger partial charge in [0.05, 0.1) is 5.69 Å². The Morgan fingerprint density at radius 3 is 2.70 bits per heavy atom. The second-order valence-corrected chi connectivity index (χ2v) is 6.22. The normalized spacial score (nSPS) is 26.6. The van der Waals surface area contributed by atoms with Crippen molar-refractivity contribution in [2.24, 2.45) is 5.92 Å². The Balaban J connectivity index is 2.01. The van der Waals surface area contributed by atoms with E-state index in [1.807, 2.05) is 0 Å². The number of carbonyl (C=O) groups is 2. The molecule has 4 nitrogen and oxygen atoms in total. The number of rotatable bonds is 2. The van der Waals surface area contributed by atoms with Crippen LogP contribution in [0.4, 0.5) is 10.1 Å². The van der Waals surface area contributed by atoms with Crippen LogP contribution in [0.1, 0.15) is 19.8 Å². The molecule has 0 radical (unpaired) electrons. The second-order valence-electron chi connectivity index (χ2n) is 5.30. The molecule has 1 saturated carbocycles. The van der Waals surface area contributed by atoms with Crippen molar-refractivity contribution in [2.75, 3.05) is 4.90 Å². The molecule has 1 aromatic carbocycles. The van der Waals surface area contributed by atoms with Crippen LogP contribution in [-0.2, 0) is 9.59 Å². The van der Waals surface area contributed by atoms with E-state index >= 15 is 0 Å². The van der Waals surface area contributed by atoms with E-state index in [0.29, 0.717) is 4.47 Å². The fraction of sp³-hybridized carbons (Fsp3) is 0.429. The van der Waals surface area contributed by atoms with Crippen LogP contribution in [0.3, 0.4) is 0 Å². The molecule has 3 rings (SSSR count). The van der Waals surface area contributed by atoms with Crippen molar-refractivity contribution >= 4 is 33.4 Å². The fourth-order valence-corrected chi connectivity index (χ4v) is 2.89. The SMILES string of the molecule is CC1C(=O)NC(C2CC2)C(=O)N1c1cc(Br)ccc1F. The van der Waals surface area contributed by atoms with Crippen LogP contribution < -0.4 is 10.2 Å². The molecule has 0 aromatic heterocycles. The number of carbonyl (C=O) groups excluding carboxylic acids is 2. The van der Waals surface area contributed by atoms with Gasteiger partial charge in [0.1, 0.15) is 17.9 Å². The van der Waals surface area contributed by atoms with Crippen molar-refractivity contribution in [1.29, 1.82) is 0 Å². The molecular formula is C14H14BrFN2O2. The topological polar surface area (TPSA) is 49.4 Å². The Labute approximate surface area is 124 Å². The maximum Gasteiger partial charge on any atom is 0.250 e. The smallest absolute Gasteiger partial charge is 0.250 e. The summed E-state index contributed by atoms with van der Waals surface area (Å²) in [5.74, 6) is -0.771. The molecule has 1 saturated heterocycles. The van der Waals surface area contributed by atoms with Crippen molar-refractivity contribution in [1.82, 2.24) is 5.32 Å². The van der Waals surface area contributed by atoms with Gasteiger partial charge in [-0.05, 0) is 43.9 Å². The van der Waals surface area contributed by atoms with Gasteiger partial charge in [0.25, 0.3) is 5.91 Å². The standard InChI is InChI=1S/C14H14BrFN2O2/c1-7-13(19)17-12(8-2-3-8)14(20)18(7)11-6-9(15)4-5-10(11)16/h4-8,12H,2-3H2,1H3,(H,17,19). The zero-order valence-corrected chi connectivity index (χ0v) is 12.5. The molecule has 2 amide bonds. The summed E-state index contributed by atoms with van der Waals surface area (Å²) in [6, 6.07) is 3.17. The number of piperazine rings is 1. The van der Waals surface area contributed by atoms with Crippen molar-refractivity contribution in [3.05, 3.63) is 28.5 Å². The van der Waals surface area contributed by atoms with Gasteiger partial charge < -0.3 is 5.32 Å². The summed E-state index contributed by atoms with van der Waals surface area (Å²) >= 11 is 3.27. The van der Waals surface area contributed by atoms with Gasteiger partial charge in [-0.25, -0.2) is 4.39 Å². The first-order valence-corrected chi connectivity index (χ1v) is 7.37. The third-order valence-corrected chi connectivity index (χ3v) is 4.32. The number of nitrogens with one attached hydrogen (secondary N) is 1. The first kappa shape index (κ1) is 13.5. The molecule has 1 heterocycles. The predicted molar refractivity (Wildman–Crippen MR) is 75.7 cm³/mol. The quantitative estimate of drug-likeness (QED) is 0.897. The summed E-state index contributed by atoms with van der Waals surface area (Å²) in [6.45, 7) is 1.61. The Morgan fingerprint density at radius 2 is 2.05 bits per heavy atom. The number of amides is 2. The lowest BCUT2D eigenvalue weighted by Gasteiger charge is -2.37. The molecule has 0 spiro atoms. The monoisotopic (exact) mass is 340 g/mol. The van der Waals surface area contributed by atoms with Gasteiger partial charge in [0, 0.05) is 4.47 Å². The van der Waals surface area contributed by atoms with Crippen LogP contribution in [0.5, 0.6) is 0 Å². The molecular weight excluding hydrogens is 327 g/mol. The molecule has 20 heavy (non-hydrogen) atoms. The highest BCUT2D eigenvalue weighted by Gasteiger charge is 2.46. The number of nitrogens with zero attached hydrogens (tertiary/aromatic N) is 1. The number of hydrogen-bond donors (Lipinski definition) is 1. The van der Waals surface area contributed by atoms with E-state index in [-0.39, 0.29) is 23.4 Å². The first-order valence-electron chi connectivity index (χ1n) is 6.57. The maximum absolute atomic E-state index is 14.0. The average molecular weight is 341 g/mol. The Morgan fingerprint density at radius 1 is 1.35 bits per heavy atom. The van der Waals surface area contributed by atoms with Gasteiger partial charge in [-0.1, -0.05) is 15.9 Å². The number of hydrogen-bond acceptors (Lipinski definition) is 2. The summed E-state index contributed by atoms with van der Waals surface area (Å²) < 4.78 is 14.7. The minimum absolute atomic E-state index is 0.150. The number of halogens is 2. The van der Waals surface area contributed by atoms with Crippen molar-refractivity contribution < 1.29 is 14.0 Å². The summed E-state index contributed by atoms with van der Waals surface area (Å²) in [5.41, 5.74) is 0.150. The molecule has 2 atom stereocenters. The lowest BCUT2D eigenvalue weighted by Crippen LogP contribution is -2.63. The van der Waals surface area contributed by atoms with E-state index in [9.17, 15) is 14.0 Å². The Kier molecular flexibility index (Phi) is 3.28. The molecule has 106 valence electrons. The van der Waals surface area contributed by atoms with Crippen LogP contribution in [0.25, 0.3) is 0 Å². The Bertz CT molecular complexity index is 589. The minimum Gasteiger partial charge on any atom is -0.342 e. The van der Waals surface area contributed by atoms with Gasteiger partial charge in [-0.2, -0.15) is 0 Å². The third-order valence-electron chi connectivity index (χ3n) is 3.83. The molecule has 2 aliphatic rings. The fourth-order valence-electron chi connectivity index (χ4n) is 2.54. The lowest BCUT2D eigenvalue weighted by atomic mass is 10.0. The molecule has 1 aliphatic carbocycles. The molecule has 0 bridgehead atoms. The molecule has 2 fully saturated rings. The van der Waals surface area contributed by atoms with E-state index in [0.717, 1.165) is 12.8 Å². The largest absolute Gasteiger partial charge is 0.342 e. The van der Waals surface area contributed by atoms with E-state index in [1.165, 1.54) is 17.0 Å². The zero-order valence-electron chi connectivity index (χ0n) is 10.9. The van der Waals surface area contributed by atoms with Crippen molar-refractivity contribution in [3.63, 3.8) is 0 Å². The predicted octanol–water partition coefficient (Wildman–Crippen LogP) is 2.22. The van der Waals surface area contributed by atoms with Gasteiger partial charge in [0.2, 0.25) is 5.91 Å². The summed E-state index contributed by atoms with van der Waals surface area (Å²) in [6.07, 6.45) is 1.86. The number of benzene rings is 1. The zero-order chi connectivity index (χ0) is 14.4. The molecule has 2 unspecified atom stereocenters. The van der Waals surface area contributed by atoms with Crippen molar-refractivity contribution in [3.8, 4) is 0 Å². The van der Waals surface area contributed by atoms with E-state index < -0.39 is 17.9 Å². The molecule has 6 heteroatoms. The maximum atomic E-state index is 14.0. The minimum atomic E-state index is -0.707. The van der Waals surface area contributed by atoms with Gasteiger partial charge in [-0.3, -0.25) is 14.5 Å². The summed E-state index contributed by atoms with van der Waals surface area (Å²) in [7, 11) is 0. The lowest BCUT2D eigenvalue weighted by molar-refractivity contribution is -0.134.